The van der Waals surface area contributed by atoms with E-state index in [1.54, 1.807) is 0 Å². The number of fused-ring (bicyclic) bond motifs is 1. The van der Waals surface area contributed by atoms with Crippen molar-refractivity contribution >= 4 is 28.4 Å². The van der Waals surface area contributed by atoms with Gasteiger partial charge in [0.1, 0.15) is 0 Å². The van der Waals surface area contributed by atoms with E-state index in [2.05, 4.69) is 37.0 Å². The van der Waals surface area contributed by atoms with E-state index in [1.165, 1.54) is 27.7 Å². The van der Waals surface area contributed by atoms with Gasteiger partial charge in [0, 0.05) is 47.0 Å². The van der Waals surface area contributed by atoms with Crippen molar-refractivity contribution in [1.82, 2.24) is 9.88 Å². The number of carbonyl (C=O) groups excluding carboxylic acids is 1. The monoisotopic (exact) mass is 394 g/mol. The van der Waals surface area contributed by atoms with E-state index in [-0.39, 0.29) is 5.91 Å². The minimum Gasteiger partial charge on any atom is -0.358 e. The molecule has 3 aromatic rings. The van der Waals surface area contributed by atoms with Crippen molar-refractivity contribution in [2.24, 2.45) is 0 Å². The molecule has 146 valence electrons. The van der Waals surface area contributed by atoms with Crippen LogP contribution in [0.25, 0.3) is 10.9 Å². The van der Waals surface area contributed by atoms with Gasteiger partial charge in [0.15, 0.2) is 0 Å². The third kappa shape index (κ3) is 3.95. The lowest BCUT2D eigenvalue weighted by atomic mass is 9.91. The highest BCUT2D eigenvalue weighted by atomic mass is 35.5. The second-order valence-corrected chi connectivity index (χ2v) is 8.43. The molecule has 0 saturated carbocycles. The number of amides is 1. The van der Waals surface area contributed by atoms with E-state index >= 15 is 0 Å². The summed E-state index contributed by atoms with van der Waals surface area (Å²) < 4.78 is 0. The summed E-state index contributed by atoms with van der Waals surface area (Å²) in [6.45, 7) is 6.05. The Hall–Kier alpha value is -2.26. The van der Waals surface area contributed by atoms with Gasteiger partial charge in [0.2, 0.25) is 5.91 Å². The smallest absolute Gasteiger partial charge is 0.222 e. The summed E-state index contributed by atoms with van der Waals surface area (Å²) in [7, 11) is 0. The van der Waals surface area contributed by atoms with E-state index in [4.69, 9.17) is 11.6 Å². The van der Waals surface area contributed by atoms with Gasteiger partial charge in [-0.15, -0.1) is 0 Å². The predicted octanol–water partition coefficient (Wildman–Crippen LogP) is 5.78. The zero-order valence-corrected chi connectivity index (χ0v) is 17.4. The number of nitrogens with zero attached hydrogens (tertiary/aromatic N) is 1. The van der Waals surface area contributed by atoms with Gasteiger partial charge >= 0.3 is 0 Å². The van der Waals surface area contributed by atoms with E-state index in [0.29, 0.717) is 12.3 Å². The lowest BCUT2D eigenvalue weighted by molar-refractivity contribution is -0.132. The fourth-order valence-corrected chi connectivity index (χ4v) is 4.47. The fourth-order valence-electron chi connectivity index (χ4n) is 4.35. The number of rotatable bonds is 4. The molecule has 2 heterocycles. The molecule has 3 nitrogen and oxygen atoms in total. The number of H-pyrrole nitrogens is 1. The van der Waals surface area contributed by atoms with Gasteiger partial charge in [0.05, 0.1) is 0 Å². The second-order valence-electron chi connectivity index (χ2n) is 7.99. The Labute approximate surface area is 171 Å². The number of aromatic amines is 1. The van der Waals surface area contributed by atoms with Crippen LogP contribution >= 0.6 is 11.6 Å². The van der Waals surface area contributed by atoms with Crippen molar-refractivity contribution in [3.63, 3.8) is 0 Å². The Morgan fingerprint density at radius 3 is 2.54 bits per heavy atom. The van der Waals surface area contributed by atoms with Crippen LogP contribution in [0.15, 0.2) is 42.5 Å². The normalized spacial score (nSPS) is 15.3. The quantitative estimate of drug-likeness (QED) is 0.598. The van der Waals surface area contributed by atoms with Crippen LogP contribution < -0.4 is 0 Å². The van der Waals surface area contributed by atoms with Gasteiger partial charge in [-0.1, -0.05) is 35.4 Å². The summed E-state index contributed by atoms with van der Waals surface area (Å²) >= 11 is 5.93. The third-order valence-corrected chi connectivity index (χ3v) is 6.30. The number of benzene rings is 2. The van der Waals surface area contributed by atoms with Crippen LogP contribution in [0, 0.1) is 13.8 Å². The number of hydrogen-bond acceptors (Lipinski definition) is 1. The predicted molar refractivity (Wildman–Crippen MR) is 116 cm³/mol. The van der Waals surface area contributed by atoms with Gasteiger partial charge in [-0.2, -0.15) is 0 Å². The summed E-state index contributed by atoms with van der Waals surface area (Å²) in [5.74, 6) is 0.769. The van der Waals surface area contributed by atoms with Crippen LogP contribution in [0.5, 0.6) is 0 Å². The average molecular weight is 395 g/mol. The zero-order chi connectivity index (χ0) is 19.7. The lowest BCUT2D eigenvalue weighted by Crippen LogP contribution is -2.38. The molecular weight excluding hydrogens is 368 g/mol. The first-order valence-corrected chi connectivity index (χ1v) is 10.5. The molecule has 1 fully saturated rings. The summed E-state index contributed by atoms with van der Waals surface area (Å²) in [4.78, 5) is 18.3. The van der Waals surface area contributed by atoms with Crippen molar-refractivity contribution in [2.75, 3.05) is 13.1 Å². The summed E-state index contributed by atoms with van der Waals surface area (Å²) in [5.41, 5.74) is 6.40. The summed E-state index contributed by atoms with van der Waals surface area (Å²) in [6.07, 6.45) is 3.39. The van der Waals surface area contributed by atoms with Gasteiger partial charge < -0.3 is 9.88 Å². The molecule has 0 atom stereocenters. The molecule has 28 heavy (non-hydrogen) atoms. The second kappa shape index (κ2) is 8.00. The number of hydrogen-bond donors (Lipinski definition) is 1. The number of piperidine rings is 1. The molecule has 1 amide bonds. The number of aryl methyl sites for hydroxylation is 3. The zero-order valence-electron chi connectivity index (χ0n) is 16.6. The SMILES string of the molecule is Cc1ccc2[nH]c(C3CCN(C(=O)CCc4ccc(Cl)cc4)CC3)c(C)c2c1. The molecule has 1 saturated heterocycles. The fraction of sp³-hybridized carbons (Fsp3) is 0.375. The minimum atomic E-state index is 0.261. The molecule has 4 heteroatoms. The topological polar surface area (TPSA) is 36.1 Å². The Bertz CT molecular complexity index is 982. The van der Waals surface area contributed by atoms with Gasteiger partial charge in [0.25, 0.3) is 0 Å². The van der Waals surface area contributed by atoms with Crippen molar-refractivity contribution < 1.29 is 4.79 Å². The number of nitrogens with one attached hydrogen (secondary N) is 1. The van der Waals surface area contributed by atoms with Crippen molar-refractivity contribution in [1.29, 1.82) is 0 Å². The molecule has 1 aliphatic heterocycles. The van der Waals surface area contributed by atoms with Crippen molar-refractivity contribution in [3.8, 4) is 0 Å². The number of carbonyl (C=O) groups is 1. The highest BCUT2D eigenvalue weighted by molar-refractivity contribution is 6.30. The number of aromatic nitrogens is 1. The van der Waals surface area contributed by atoms with E-state index < -0.39 is 0 Å². The van der Waals surface area contributed by atoms with Crippen LogP contribution in [0.3, 0.4) is 0 Å². The maximum Gasteiger partial charge on any atom is 0.222 e. The standard InChI is InChI=1S/C24H27ClN2O/c1-16-3-9-22-21(15-16)17(2)24(26-22)19-11-13-27(14-12-19)23(28)10-6-18-4-7-20(25)8-5-18/h3-5,7-9,15,19,26H,6,10-14H2,1-2H3. The lowest BCUT2D eigenvalue weighted by Gasteiger charge is -2.32. The maximum atomic E-state index is 12.6. The third-order valence-electron chi connectivity index (χ3n) is 6.05. The first-order chi connectivity index (χ1) is 13.5. The summed E-state index contributed by atoms with van der Waals surface area (Å²) in [5, 5.41) is 2.07. The molecular formula is C24H27ClN2O. The molecule has 0 bridgehead atoms. The van der Waals surface area contributed by atoms with Crippen molar-refractivity contribution in [2.45, 2.75) is 45.4 Å². The molecule has 0 unspecified atom stereocenters. The Kier molecular flexibility index (Phi) is 5.45. The Balaban J connectivity index is 1.36. The van der Waals surface area contributed by atoms with Crippen LogP contribution in [-0.2, 0) is 11.2 Å². The van der Waals surface area contributed by atoms with Crippen LogP contribution in [0.4, 0.5) is 0 Å². The Morgan fingerprint density at radius 2 is 1.82 bits per heavy atom. The van der Waals surface area contributed by atoms with Crippen LogP contribution in [0.1, 0.15) is 47.6 Å². The van der Waals surface area contributed by atoms with Gasteiger partial charge in [-0.05, 0) is 68.5 Å². The number of halogens is 1. The largest absolute Gasteiger partial charge is 0.358 e. The van der Waals surface area contributed by atoms with Gasteiger partial charge in [-0.3, -0.25) is 4.79 Å². The molecule has 0 aliphatic carbocycles. The van der Waals surface area contributed by atoms with Crippen LogP contribution in [0.2, 0.25) is 5.02 Å². The average Bonchev–Trinajstić information content (AvgIpc) is 3.03. The first kappa shape index (κ1) is 19.1. The molecule has 4 rings (SSSR count). The maximum absolute atomic E-state index is 12.6. The first-order valence-electron chi connectivity index (χ1n) is 10.1. The van der Waals surface area contributed by atoms with Crippen molar-refractivity contribution in [3.05, 3.63) is 69.9 Å². The highest BCUT2D eigenvalue weighted by Crippen LogP contribution is 2.34. The molecule has 0 radical (unpaired) electrons. The van der Waals surface area contributed by atoms with E-state index in [0.717, 1.165) is 42.9 Å². The highest BCUT2D eigenvalue weighted by Gasteiger charge is 2.26. The van der Waals surface area contributed by atoms with E-state index in [9.17, 15) is 4.79 Å². The Morgan fingerprint density at radius 1 is 1.11 bits per heavy atom. The molecule has 2 aromatic carbocycles. The van der Waals surface area contributed by atoms with Gasteiger partial charge in [-0.25, -0.2) is 0 Å². The van der Waals surface area contributed by atoms with E-state index in [1.807, 2.05) is 29.2 Å². The minimum absolute atomic E-state index is 0.261. The molecule has 1 aliphatic rings. The molecule has 1 aromatic heterocycles. The molecule has 0 spiro atoms. The summed E-state index contributed by atoms with van der Waals surface area (Å²) in [6, 6.07) is 14.4. The molecule has 1 N–H and O–H groups in total. The number of likely N-dealkylation sites (tertiary alicyclic amines) is 1. The van der Waals surface area contributed by atoms with Crippen LogP contribution in [-0.4, -0.2) is 28.9 Å².